The van der Waals surface area contributed by atoms with Crippen LogP contribution in [0.5, 0.6) is 0 Å². The Balaban J connectivity index is 2.18. The van der Waals surface area contributed by atoms with E-state index in [2.05, 4.69) is 10.6 Å². The number of carbonyl (C=O) groups excluding carboxylic acids is 2. The summed E-state index contributed by atoms with van der Waals surface area (Å²) in [6.45, 7) is 1.33. The number of benzene rings is 2. The van der Waals surface area contributed by atoms with Crippen molar-refractivity contribution in [1.82, 2.24) is 5.32 Å². The molecule has 0 unspecified atom stereocenters. The van der Waals surface area contributed by atoms with E-state index >= 15 is 0 Å². The summed E-state index contributed by atoms with van der Waals surface area (Å²) in [7, 11) is 0. The average molecular weight is 361 g/mol. The number of carbonyl (C=O) groups is 3. The molecule has 0 aliphatic carbocycles. The van der Waals surface area contributed by atoms with Gasteiger partial charge in [-0.05, 0) is 29.8 Å². The molecule has 0 spiro atoms. The topological polar surface area (TPSA) is 95.5 Å². The molecule has 1 atom stereocenters. The van der Waals surface area contributed by atoms with Crippen LogP contribution in [0.15, 0.2) is 48.5 Å². The first kappa shape index (κ1) is 18.5. The number of para-hydroxylation sites is 1. The predicted molar refractivity (Wildman–Crippen MR) is 94.8 cm³/mol. The molecule has 7 heteroatoms. The van der Waals surface area contributed by atoms with E-state index in [0.29, 0.717) is 16.3 Å². The van der Waals surface area contributed by atoms with E-state index in [1.807, 2.05) is 0 Å². The van der Waals surface area contributed by atoms with Gasteiger partial charge in [0.15, 0.2) is 0 Å². The van der Waals surface area contributed by atoms with Crippen LogP contribution in [0.4, 0.5) is 5.69 Å². The number of aliphatic carboxylic acids is 1. The summed E-state index contributed by atoms with van der Waals surface area (Å²) in [5.74, 6) is -2.07. The molecule has 0 aliphatic rings. The quantitative estimate of drug-likeness (QED) is 0.738. The molecule has 0 fully saturated rings. The minimum atomic E-state index is -1.16. The highest BCUT2D eigenvalue weighted by Crippen LogP contribution is 2.16. The van der Waals surface area contributed by atoms with Gasteiger partial charge in [0.25, 0.3) is 5.91 Å². The Labute approximate surface area is 149 Å². The molecular formula is C18H17ClN2O4. The monoisotopic (exact) mass is 360 g/mol. The Morgan fingerprint density at radius 2 is 1.84 bits per heavy atom. The zero-order valence-electron chi connectivity index (χ0n) is 13.5. The van der Waals surface area contributed by atoms with Gasteiger partial charge in [-0.15, -0.1) is 0 Å². The number of amides is 2. The van der Waals surface area contributed by atoms with Crippen molar-refractivity contribution in [2.75, 3.05) is 5.32 Å². The van der Waals surface area contributed by atoms with Crippen LogP contribution < -0.4 is 10.6 Å². The van der Waals surface area contributed by atoms with Gasteiger partial charge in [-0.3, -0.25) is 9.59 Å². The summed E-state index contributed by atoms with van der Waals surface area (Å²) in [4.78, 5) is 35.2. The van der Waals surface area contributed by atoms with Gasteiger partial charge < -0.3 is 15.7 Å². The lowest BCUT2D eigenvalue weighted by molar-refractivity contribution is -0.139. The summed E-state index contributed by atoms with van der Waals surface area (Å²) in [6.07, 6.45) is 0.0872. The van der Waals surface area contributed by atoms with Gasteiger partial charge in [0.2, 0.25) is 5.91 Å². The first-order valence-corrected chi connectivity index (χ1v) is 7.89. The van der Waals surface area contributed by atoms with Crippen LogP contribution in [0.3, 0.4) is 0 Å². The van der Waals surface area contributed by atoms with Gasteiger partial charge in [0, 0.05) is 18.4 Å². The summed E-state index contributed by atoms with van der Waals surface area (Å²) in [5, 5.41) is 14.9. The standard InChI is InChI=1S/C18H17ClN2O4/c1-11(22)20-15-8-3-2-7-14(15)17(23)21-16(18(24)25)10-12-5-4-6-13(19)9-12/h2-9,16H,10H2,1H3,(H,20,22)(H,21,23)(H,24,25)/t16-/m1/s1. The highest BCUT2D eigenvalue weighted by Gasteiger charge is 2.22. The number of anilines is 1. The molecular weight excluding hydrogens is 344 g/mol. The van der Waals surface area contributed by atoms with Gasteiger partial charge in [-0.1, -0.05) is 35.9 Å². The zero-order chi connectivity index (χ0) is 18.4. The molecule has 2 aromatic carbocycles. The molecule has 6 nitrogen and oxygen atoms in total. The van der Waals surface area contributed by atoms with Crippen molar-refractivity contribution >= 4 is 35.1 Å². The third-order valence-corrected chi connectivity index (χ3v) is 3.65. The maximum absolute atomic E-state index is 12.5. The maximum Gasteiger partial charge on any atom is 0.326 e. The van der Waals surface area contributed by atoms with Crippen LogP contribution in [0.25, 0.3) is 0 Å². The van der Waals surface area contributed by atoms with Gasteiger partial charge in [0.1, 0.15) is 6.04 Å². The third kappa shape index (κ3) is 5.32. The van der Waals surface area contributed by atoms with Crippen LogP contribution in [0.1, 0.15) is 22.8 Å². The number of nitrogens with one attached hydrogen (secondary N) is 2. The van der Waals surface area contributed by atoms with E-state index in [1.54, 1.807) is 42.5 Å². The SMILES string of the molecule is CC(=O)Nc1ccccc1C(=O)N[C@H](Cc1cccc(Cl)c1)C(=O)O. The van der Waals surface area contributed by atoms with Gasteiger partial charge in [-0.2, -0.15) is 0 Å². The van der Waals surface area contributed by atoms with E-state index in [1.165, 1.54) is 13.0 Å². The predicted octanol–water partition coefficient (Wildman–Crippen LogP) is 2.72. The second-order valence-corrected chi connectivity index (χ2v) is 5.86. The molecule has 3 N–H and O–H groups in total. The molecule has 25 heavy (non-hydrogen) atoms. The molecule has 0 bridgehead atoms. The van der Waals surface area contributed by atoms with Gasteiger partial charge in [-0.25, -0.2) is 4.79 Å². The van der Waals surface area contributed by atoms with Gasteiger partial charge >= 0.3 is 5.97 Å². The van der Waals surface area contributed by atoms with Crippen LogP contribution in [0, 0.1) is 0 Å². The summed E-state index contributed by atoms with van der Waals surface area (Å²) in [6, 6.07) is 12.0. The number of rotatable bonds is 6. The number of carboxylic acid groups (broad SMARTS) is 1. The van der Waals surface area contributed by atoms with Crippen molar-refractivity contribution in [3.8, 4) is 0 Å². The normalized spacial score (nSPS) is 11.4. The second-order valence-electron chi connectivity index (χ2n) is 5.43. The highest BCUT2D eigenvalue weighted by atomic mass is 35.5. The molecule has 2 amide bonds. The molecule has 0 saturated carbocycles. The maximum atomic E-state index is 12.5. The Morgan fingerprint density at radius 3 is 2.48 bits per heavy atom. The molecule has 0 saturated heterocycles. The van der Waals surface area contributed by atoms with E-state index in [9.17, 15) is 19.5 Å². The van der Waals surface area contributed by atoms with Crippen LogP contribution in [0.2, 0.25) is 5.02 Å². The Bertz CT molecular complexity index is 807. The number of halogens is 1. The fourth-order valence-electron chi connectivity index (χ4n) is 2.32. The second kappa shape index (κ2) is 8.30. The molecule has 2 rings (SSSR count). The zero-order valence-corrected chi connectivity index (χ0v) is 14.2. The van der Waals surface area contributed by atoms with E-state index in [0.717, 1.165) is 0 Å². The lowest BCUT2D eigenvalue weighted by Gasteiger charge is -2.16. The first-order chi connectivity index (χ1) is 11.9. The van der Waals surface area contributed by atoms with E-state index in [4.69, 9.17) is 11.6 Å². The third-order valence-electron chi connectivity index (χ3n) is 3.41. The molecule has 130 valence electrons. The van der Waals surface area contributed by atoms with Crippen molar-refractivity contribution in [3.05, 3.63) is 64.7 Å². The summed E-state index contributed by atoms with van der Waals surface area (Å²) >= 11 is 5.90. The Morgan fingerprint density at radius 1 is 1.12 bits per heavy atom. The summed E-state index contributed by atoms with van der Waals surface area (Å²) < 4.78 is 0. The van der Waals surface area contributed by atoms with Crippen LogP contribution in [-0.2, 0) is 16.0 Å². The molecule has 2 aromatic rings. The molecule has 0 radical (unpaired) electrons. The van der Waals surface area contributed by atoms with Crippen LogP contribution >= 0.6 is 11.6 Å². The fourth-order valence-corrected chi connectivity index (χ4v) is 2.53. The van der Waals surface area contributed by atoms with E-state index < -0.39 is 17.9 Å². The number of carboxylic acids is 1. The van der Waals surface area contributed by atoms with E-state index in [-0.39, 0.29) is 17.9 Å². The van der Waals surface area contributed by atoms with Gasteiger partial charge in [0.05, 0.1) is 11.3 Å². The molecule has 0 heterocycles. The lowest BCUT2D eigenvalue weighted by Crippen LogP contribution is -2.42. The van der Waals surface area contributed by atoms with Crippen molar-refractivity contribution in [2.45, 2.75) is 19.4 Å². The van der Waals surface area contributed by atoms with Crippen molar-refractivity contribution in [3.63, 3.8) is 0 Å². The highest BCUT2D eigenvalue weighted by molar-refractivity contribution is 6.30. The average Bonchev–Trinajstić information content (AvgIpc) is 2.54. The molecule has 0 aromatic heterocycles. The number of hydrogen-bond acceptors (Lipinski definition) is 3. The fraction of sp³-hybridized carbons (Fsp3) is 0.167. The Hall–Kier alpha value is -2.86. The van der Waals surface area contributed by atoms with Crippen molar-refractivity contribution in [1.29, 1.82) is 0 Å². The lowest BCUT2D eigenvalue weighted by atomic mass is 10.0. The van der Waals surface area contributed by atoms with Crippen LogP contribution in [-0.4, -0.2) is 28.9 Å². The van der Waals surface area contributed by atoms with Crippen molar-refractivity contribution in [2.24, 2.45) is 0 Å². The Kier molecular flexibility index (Phi) is 6.14. The van der Waals surface area contributed by atoms with Crippen molar-refractivity contribution < 1.29 is 19.5 Å². The summed E-state index contributed by atoms with van der Waals surface area (Å²) in [5.41, 5.74) is 1.20. The minimum Gasteiger partial charge on any atom is -0.480 e. The largest absolute Gasteiger partial charge is 0.480 e. The number of hydrogen-bond donors (Lipinski definition) is 3. The molecule has 0 aliphatic heterocycles. The smallest absolute Gasteiger partial charge is 0.326 e. The minimum absolute atomic E-state index is 0.0872. The first-order valence-electron chi connectivity index (χ1n) is 7.51.